The molecule has 0 N–H and O–H groups in total. The number of ether oxygens (including phenoxy) is 1. The molecule has 5 aromatic carbocycles. The summed E-state index contributed by atoms with van der Waals surface area (Å²) >= 11 is 0. The zero-order valence-corrected chi connectivity index (χ0v) is 24.2. The molecule has 2 unspecified atom stereocenters. The molecule has 206 valence electrons. The van der Waals surface area contributed by atoms with E-state index in [0.29, 0.717) is 0 Å². The number of para-hydroxylation sites is 1. The van der Waals surface area contributed by atoms with Crippen molar-refractivity contribution in [1.29, 1.82) is 0 Å². The van der Waals surface area contributed by atoms with Crippen molar-refractivity contribution in [2.75, 3.05) is 0 Å². The summed E-state index contributed by atoms with van der Waals surface area (Å²) < 4.78 is 13.3. The second kappa shape index (κ2) is 8.96. The summed E-state index contributed by atoms with van der Waals surface area (Å²) in [6, 6.07) is 39.2. The van der Waals surface area contributed by atoms with Crippen LogP contribution in [-0.2, 0) is 5.41 Å². The average molecular weight is 555 g/mol. The van der Waals surface area contributed by atoms with Gasteiger partial charge in [0.05, 0.1) is 0 Å². The predicted molar refractivity (Wildman–Crippen MR) is 175 cm³/mol. The standard InChI is InChI=1S/C41H30O2/c1-41(2)33-22-20-26(24-36(33)43-40-34(41)23-21-32-27-14-10-11-19-35(27)42-39(32)40)38-30-17-8-6-15-28(30)37(25-12-4-3-5-13-25)29-16-7-9-18-31(29)38/h3-24,28,30H,1-2H3. The number of fused-ring (bicyclic) bond motifs is 8. The highest BCUT2D eigenvalue weighted by molar-refractivity contribution is 6.07. The Morgan fingerprint density at radius 2 is 1.23 bits per heavy atom. The predicted octanol–water partition coefficient (Wildman–Crippen LogP) is 8.79. The monoisotopic (exact) mass is 554 g/mol. The van der Waals surface area contributed by atoms with Gasteiger partial charge < -0.3 is 9.15 Å². The van der Waals surface area contributed by atoms with Crippen molar-refractivity contribution in [2.45, 2.75) is 19.3 Å². The van der Waals surface area contributed by atoms with Gasteiger partial charge in [0.15, 0.2) is 11.3 Å². The van der Waals surface area contributed by atoms with Crippen molar-refractivity contribution in [3.05, 3.63) is 166 Å². The first-order valence-electron chi connectivity index (χ1n) is 15.1. The van der Waals surface area contributed by atoms with Gasteiger partial charge in [0.1, 0.15) is 11.3 Å². The molecule has 3 aliphatic rings. The van der Waals surface area contributed by atoms with E-state index in [1.165, 1.54) is 38.3 Å². The van der Waals surface area contributed by atoms with E-state index >= 15 is 0 Å². The molecular formula is C41H30O2. The molecule has 2 nitrogen and oxygen atoms in total. The Morgan fingerprint density at radius 1 is 0.581 bits per heavy atom. The summed E-state index contributed by atoms with van der Waals surface area (Å²) in [6.07, 6.45) is 9.14. The summed E-state index contributed by atoms with van der Waals surface area (Å²) in [5.74, 6) is 2.20. The van der Waals surface area contributed by atoms with Gasteiger partial charge in [0, 0.05) is 39.2 Å². The van der Waals surface area contributed by atoms with Crippen LogP contribution in [0.4, 0.5) is 0 Å². The molecule has 0 amide bonds. The van der Waals surface area contributed by atoms with Gasteiger partial charge in [-0.15, -0.1) is 0 Å². The smallest absolute Gasteiger partial charge is 0.178 e. The van der Waals surface area contributed by atoms with E-state index in [2.05, 4.69) is 135 Å². The molecule has 2 aliphatic carbocycles. The highest BCUT2D eigenvalue weighted by Gasteiger charge is 2.38. The minimum atomic E-state index is -0.242. The number of rotatable bonds is 2. The molecular weight excluding hydrogens is 524 g/mol. The molecule has 1 aromatic heterocycles. The van der Waals surface area contributed by atoms with Crippen LogP contribution in [-0.4, -0.2) is 0 Å². The molecule has 2 atom stereocenters. The van der Waals surface area contributed by atoms with Crippen LogP contribution < -0.4 is 15.2 Å². The Hall–Kier alpha value is -5.08. The molecule has 6 aromatic rings. The molecule has 43 heavy (non-hydrogen) atoms. The summed E-state index contributed by atoms with van der Waals surface area (Å²) in [6.45, 7) is 4.58. The van der Waals surface area contributed by atoms with E-state index in [0.717, 1.165) is 39.0 Å². The average Bonchev–Trinajstić information content (AvgIpc) is 3.43. The Bertz CT molecular complexity index is 2300. The topological polar surface area (TPSA) is 22.4 Å². The summed E-state index contributed by atoms with van der Waals surface area (Å²) in [5.41, 5.74) is 9.02. The van der Waals surface area contributed by atoms with Crippen LogP contribution in [0.15, 0.2) is 138 Å². The Kier molecular flexibility index (Phi) is 5.11. The lowest BCUT2D eigenvalue weighted by Crippen LogP contribution is -2.40. The van der Waals surface area contributed by atoms with E-state index in [-0.39, 0.29) is 17.3 Å². The molecule has 0 bridgehead atoms. The van der Waals surface area contributed by atoms with Gasteiger partial charge >= 0.3 is 0 Å². The Morgan fingerprint density at radius 3 is 2.00 bits per heavy atom. The fourth-order valence-corrected chi connectivity index (χ4v) is 7.69. The Balaban J connectivity index is 1.29. The van der Waals surface area contributed by atoms with E-state index in [1.54, 1.807) is 0 Å². The number of furan rings is 1. The molecule has 0 fully saturated rings. The van der Waals surface area contributed by atoms with Crippen LogP contribution in [0, 0.1) is 11.8 Å². The molecule has 0 saturated heterocycles. The van der Waals surface area contributed by atoms with Crippen molar-refractivity contribution in [3.63, 3.8) is 0 Å². The van der Waals surface area contributed by atoms with Crippen LogP contribution in [0.25, 0.3) is 33.1 Å². The minimum absolute atomic E-state index is 0.221. The largest absolute Gasteiger partial charge is 0.453 e. The number of benzene rings is 5. The van der Waals surface area contributed by atoms with E-state index in [1.807, 2.05) is 12.1 Å². The molecule has 2 heteroatoms. The van der Waals surface area contributed by atoms with Crippen molar-refractivity contribution < 1.29 is 9.15 Å². The van der Waals surface area contributed by atoms with E-state index in [9.17, 15) is 0 Å². The van der Waals surface area contributed by atoms with Gasteiger partial charge in [0.25, 0.3) is 0 Å². The fourth-order valence-electron chi connectivity index (χ4n) is 7.69. The summed E-state index contributed by atoms with van der Waals surface area (Å²) in [7, 11) is 0. The van der Waals surface area contributed by atoms with Crippen LogP contribution in [0.2, 0.25) is 0 Å². The van der Waals surface area contributed by atoms with Gasteiger partial charge in [0.2, 0.25) is 0 Å². The van der Waals surface area contributed by atoms with Crippen LogP contribution >= 0.6 is 0 Å². The first-order valence-corrected chi connectivity index (χ1v) is 15.1. The number of hydrogen-bond acceptors (Lipinski definition) is 2. The lowest BCUT2D eigenvalue weighted by molar-refractivity contribution is 0.415. The van der Waals surface area contributed by atoms with Crippen molar-refractivity contribution in [3.8, 4) is 11.5 Å². The first-order chi connectivity index (χ1) is 21.1. The highest BCUT2D eigenvalue weighted by atomic mass is 16.5. The fraction of sp³-hybridized carbons (Fsp3) is 0.122. The van der Waals surface area contributed by atoms with E-state index < -0.39 is 0 Å². The lowest BCUT2D eigenvalue weighted by atomic mass is 9.69. The second-order valence-electron chi connectivity index (χ2n) is 12.4. The van der Waals surface area contributed by atoms with Gasteiger partial charge in [-0.1, -0.05) is 129 Å². The van der Waals surface area contributed by atoms with Gasteiger partial charge in [-0.05, 0) is 50.9 Å². The second-order valence-corrected chi connectivity index (χ2v) is 12.4. The van der Waals surface area contributed by atoms with Crippen molar-refractivity contribution in [1.82, 2.24) is 0 Å². The van der Waals surface area contributed by atoms with Gasteiger partial charge in [-0.2, -0.15) is 0 Å². The summed E-state index contributed by atoms with van der Waals surface area (Å²) in [4.78, 5) is 0. The van der Waals surface area contributed by atoms with Crippen molar-refractivity contribution in [2.24, 2.45) is 11.8 Å². The van der Waals surface area contributed by atoms with Crippen LogP contribution in [0.5, 0.6) is 11.5 Å². The Labute approximate surface area is 250 Å². The van der Waals surface area contributed by atoms with Crippen LogP contribution in [0.1, 0.15) is 36.1 Å². The maximum Gasteiger partial charge on any atom is 0.178 e. The van der Waals surface area contributed by atoms with Crippen molar-refractivity contribution >= 4 is 33.1 Å². The summed E-state index contributed by atoms with van der Waals surface area (Å²) in [5, 5.41) is 4.80. The molecule has 1 aliphatic heterocycles. The zero-order valence-electron chi connectivity index (χ0n) is 24.2. The quantitative estimate of drug-likeness (QED) is 0.213. The third-order valence-electron chi connectivity index (χ3n) is 9.75. The number of allylic oxidation sites excluding steroid dienone is 4. The van der Waals surface area contributed by atoms with Crippen LogP contribution in [0.3, 0.4) is 0 Å². The molecule has 0 radical (unpaired) electrons. The van der Waals surface area contributed by atoms with Gasteiger partial charge in [-0.3, -0.25) is 0 Å². The number of hydrogen-bond donors (Lipinski definition) is 0. The highest BCUT2D eigenvalue weighted by Crippen LogP contribution is 2.52. The first kappa shape index (κ1) is 24.5. The van der Waals surface area contributed by atoms with E-state index in [4.69, 9.17) is 9.15 Å². The molecule has 0 spiro atoms. The molecule has 0 saturated carbocycles. The normalized spacial score (nSPS) is 19.5. The zero-order chi connectivity index (χ0) is 28.7. The molecule has 2 heterocycles. The maximum atomic E-state index is 6.86. The third-order valence-corrected chi connectivity index (χ3v) is 9.75. The molecule has 9 rings (SSSR count). The SMILES string of the molecule is CC1(C)c2ccc(C3=c4ccccc4=C(c4ccccc4)C4C=CC=CC34)cc2Oc2c1ccc1c2oc2ccccc21. The third kappa shape index (κ3) is 3.47. The lowest BCUT2D eigenvalue weighted by Gasteiger charge is -2.36. The minimum Gasteiger partial charge on any atom is -0.453 e. The maximum absolute atomic E-state index is 6.86. The van der Waals surface area contributed by atoms with Gasteiger partial charge in [-0.25, -0.2) is 0 Å².